The van der Waals surface area contributed by atoms with E-state index in [1.54, 1.807) is 11.6 Å². The molecule has 0 unspecified atom stereocenters. The lowest BCUT2D eigenvalue weighted by molar-refractivity contribution is -0.187. The molecule has 1 saturated carbocycles. The normalized spacial score (nSPS) is 25.8. The van der Waals surface area contributed by atoms with Crippen LogP contribution < -0.4 is 10.6 Å². The molecule has 3 rings (SSSR count). The van der Waals surface area contributed by atoms with E-state index in [-0.39, 0.29) is 18.2 Å². The van der Waals surface area contributed by atoms with Gasteiger partial charge in [0.1, 0.15) is 0 Å². The Bertz CT molecular complexity index is 609. The van der Waals surface area contributed by atoms with Gasteiger partial charge in [-0.1, -0.05) is 18.1 Å². The summed E-state index contributed by atoms with van der Waals surface area (Å²) in [5.74, 6) is -2.04. The molecule has 1 aliphatic heterocycles. The predicted octanol–water partition coefficient (Wildman–Crippen LogP) is 2.36. The average molecular weight is 359 g/mol. The summed E-state index contributed by atoms with van der Waals surface area (Å²) >= 11 is 0. The first-order chi connectivity index (χ1) is 11.9. The van der Waals surface area contributed by atoms with Crippen molar-refractivity contribution in [2.24, 2.45) is 5.92 Å². The SMILES string of the molecule is Cc1c(C(=O)N[C@@H]2CCCC[C@@H]2C(F)(F)F)nnn1C1CCNCC1. The molecule has 6 nitrogen and oxygen atoms in total. The van der Waals surface area contributed by atoms with E-state index in [1.165, 1.54) is 0 Å². The number of rotatable bonds is 3. The van der Waals surface area contributed by atoms with Crippen molar-refractivity contribution in [2.75, 3.05) is 13.1 Å². The number of nitrogens with one attached hydrogen (secondary N) is 2. The Morgan fingerprint density at radius 1 is 1.20 bits per heavy atom. The van der Waals surface area contributed by atoms with Crippen LogP contribution in [0.2, 0.25) is 0 Å². The van der Waals surface area contributed by atoms with E-state index in [2.05, 4.69) is 20.9 Å². The largest absolute Gasteiger partial charge is 0.393 e. The number of carbonyl (C=O) groups is 1. The number of nitrogens with zero attached hydrogens (tertiary/aromatic N) is 3. The summed E-state index contributed by atoms with van der Waals surface area (Å²) in [6.45, 7) is 3.50. The molecule has 1 aromatic rings. The Hall–Kier alpha value is -1.64. The van der Waals surface area contributed by atoms with Crippen molar-refractivity contribution < 1.29 is 18.0 Å². The second kappa shape index (κ2) is 7.31. The van der Waals surface area contributed by atoms with Crippen LogP contribution >= 0.6 is 0 Å². The summed E-state index contributed by atoms with van der Waals surface area (Å²) in [5.41, 5.74) is 0.744. The van der Waals surface area contributed by atoms with Crippen LogP contribution in [0, 0.1) is 12.8 Å². The summed E-state index contributed by atoms with van der Waals surface area (Å²) in [4.78, 5) is 12.5. The molecule has 2 N–H and O–H groups in total. The van der Waals surface area contributed by atoms with Crippen molar-refractivity contribution in [1.82, 2.24) is 25.6 Å². The van der Waals surface area contributed by atoms with Gasteiger partial charge in [0.2, 0.25) is 0 Å². The van der Waals surface area contributed by atoms with Gasteiger partial charge in [0.05, 0.1) is 17.7 Å². The highest BCUT2D eigenvalue weighted by Crippen LogP contribution is 2.37. The van der Waals surface area contributed by atoms with Crippen LogP contribution in [0.1, 0.15) is 60.7 Å². The Morgan fingerprint density at radius 3 is 2.56 bits per heavy atom. The van der Waals surface area contributed by atoms with Crippen molar-refractivity contribution in [3.8, 4) is 0 Å². The first-order valence-corrected chi connectivity index (χ1v) is 8.88. The second-order valence-corrected chi connectivity index (χ2v) is 6.96. The standard InChI is InChI=1S/C16H24F3N5O/c1-10-14(22-23-24(10)11-6-8-20-9-7-11)15(25)21-13-5-3-2-4-12(13)16(17,18)19/h11-13,20H,2-9H2,1H3,(H,21,25)/t12-,13+/m0/s1. The van der Waals surface area contributed by atoms with Gasteiger partial charge in [-0.15, -0.1) is 5.10 Å². The third-order valence-corrected chi connectivity index (χ3v) is 5.30. The van der Waals surface area contributed by atoms with Gasteiger partial charge in [-0.3, -0.25) is 4.79 Å². The highest BCUT2D eigenvalue weighted by Gasteiger charge is 2.46. The van der Waals surface area contributed by atoms with Crippen LogP contribution in [-0.2, 0) is 0 Å². The van der Waals surface area contributed by atoms with Crippen molar-refractivity contribution >= 4 is 5.91 Å². The van der Waals surface area contributed by atoms with Gasteiger partial charge < -0.3 is 10.6 Å². The number of aromatic nitrogens is 3. The molecule has 2 heterocycles. The monoisotopic (exact) mass is 359 g/mol. The predicted molar refractivity (Wildman–Crippen MR) is 85.2 cm³/mol. The van der Waals surface area contributed by atoms with E-state index in [0.717, 1.165) is 25.9 Å². The third-order valence-electron chi connectivity index (χ3n) is 5.30. The van der Waals surface area contributed by atoms with E-state index in [0.29, 0.717) is 25.0 Å². The average Bonchev–Trinajstić information content (AvgIpc) is 2.97. The molecule has 1 amide bonds. The number of halogens is 3. The summed E-state index contributed by atoms with van der Waals surface area (Å²) in [5, 5.41) is 13.8. The van der Waals surface area contributed by atoms with Gasteiger partial charge in [0, 0.05) is 6.04 Å². The number of amides is 1. The number of alkyl halides is 3. The van der Waals surface area contributed by atoms with E-state index in [9.17, 15) is 18.0 Å². The maximum absolute atomic E-state index is 13.2. The van der Waals surface area contributed by atoms with Gasteiger partial charge in [0.15, 0.2) is 5.69 Å². The Labute approximate surface area is 144 Å². The molecule has 1 aliphatic carbocycles. The second-order valence-electron chi connectivity index (χ2n) is 6.96. The van der Waals surface area contributed by atoms with Crippen LogP contribution in [0.15, 0.2) is 0 Å². The van der Waals surface area contributed by atoms with Gasteiger partial charge >= 0.3 is 6.18 Å². The molecule has 2 atom stereocenters. The molecule has 25 heavy (non-hydrogen) atoms. The lowest BCUT2D eigenvalue weighted by Crippen LogP contribution is -2.47. The fourth-order valence-corrected chi connectivity index (χ4v) is 3.88. The summed E-state index contributed by atoms with van der Waals surface area (Å²) in [6.07, 6.45) is -0.861. The summed E-state index contributed by atoms with van der Waals surface area (Å²) in [7, 11) is 0. The molecule has 0 radical (unpaired) electrons. The van der Waals surface area contributed by atoms with E-state index in [4.69, 9.17) is 0 Å². The molecule has 140 valence electrons. The zero-order valence-electron chi connectivity index (χ0n) is 14.3. The Kier molecular flexibility index (Phi) is 5.31. The van der Waals surface area contributed by atoms with Crippen molar-refractivity contribution in [3.05, 3.63) is 11.4 Å². The molecule has 0 aromatic carbocycles. The maximum Gasteiger partial charge on any atom is 0.393 e. The van der Waals surface area contributed by atoms with Crippen LogP contribution in [0.5, 0.6) is 0 Å². The number of carbonyl (C=O) groups excluding carboxylic acids is 1. The smallest absolute Gasteiger partial charge is 0.347 e. The van der Waals surface area contributed by atoms with E-state index < -0.39 is 24.0 Å². The minimum Gasteiger partial charge on any atom is -0.347 e. The minimum absolute atomic E-state index is 0.0647. The first-order valence-electron chi connectivity index (χ1n) is 8.88. The lowest BCUT2D eigenvalue weighted by Gasteiger charge is -2.33. The molecular formula is C16H24F3N5O. The molecule has 9 heteroatoms. The Balaban J connectivity index is 1.71. The van der Waals surface area contributed by atoms with Gasteiger partial charge in [-0.2, -0.15) is 13.2 Å². The van der Waals surface area contributed by atoms with Crippen LogP contribution in [0.25, 0.3) is 0 Å². The minimum atomic E-state index is -4.29. The zero-order valence-corrected chi connectivity index (χ0v) is 14.3. The fraction of sp³-hybridized carbons (Fsp3) is 0.812. The quantitative estimate of drug-likeness (QED) is 0.869. The van der Waals surface area contributed by atoms with Crippen LogP contribution in [-0.4, -0.2) is 46.2 Å². The molecule has 0 spiro atoms. The van der Waals surface area contributed by atoms with Crippen LogP contribution in [0.3, 0.4) is 0 Å². The number of hydrogen-bond acceptors (Lipinski definition) is 4. The fourth-order valence-electron chi connectivity index (χ4n) is 3.88. The molecule has 2 aliphatic rings. The zero-order chi connectivity index (χ0) is 18.0. The highest BCUT2D eigenvalue weighted by molar-refractivity contribution is 5.93. The molecule has 1 aromatic heterocycles. The molecule has 2 fully saturated rings. The number of hydrogen-bond donors (Lipinski definition) is 2. The Morgan fingerprint density at radius 2 is 1.88 bits per heavy atom. The van der Waals surface area contributed by atoms with E-state index >= 15 is 0 Å². The summed E-state index contributed by atoms with van der Waals surface area (Å²) in [6, 6.07) is -0.711. The van der Waals surface area contributed by atoms with Gasteiger partial charge in [-0.05, 0) is 45.7 Å². The molecular weight excluding hydrogens is 335 g/mol. The molecule has 0 bridgehead atoms. The maximum atomic E-state index is 13.2. The third kappa shape index (κ3) is 3.96. The topological polar surface area (TPSA) is 71.8 Å². The van der Waals surface area contributed by atoms with Crippen molar-refractivity contribution in [1.29, 1.82) is 0 Å². The van der Waals surface area contributed by atoms with Gasteiger partial charge in [0.25, 0.3) is 5.91 Å². The lowest BCUT2D eigenvalue weighted by atomic mass is 9.84. The van der Waals surface area contributed by atoms with Crippen molar-refractivity contribution in [3.63, 3.8) is 0 Å². The summed E-state index contributed by atoms with van der Waals surface area (Å²) < 4.78 is 41.3. The molecule has 1 saturated heterocycles. The van der Waals surface area contributed by atoms with E-state index in [1.807, 2.05) is 0 Å². The highest BCUT2D eigenvalue weighted by atomic mass is 19.4. The first kappa shape index (κ1) is 18.2. The number of piperidine rings is 1. The van der Waals surface area contributed by atoms with Crippen molar-refractivity contribution in [2.45, 2.75) is 63.7 Å². The van der Waals surface area contributed by atoms with Crippen LogP contribution in [0.4, 0.5) is 13.2 Å². The van der Waals surface area contributed by atoms with Gasteiger partial charge in [-0.25, -0.2) is 4.68 Å².